The molecule has 0 saturated carbocycles. The van der Waals surface area contributed by atoms with Gasteiger partial charge < -0.3 is 4.57 Å². The fourth-order valence-corrected chi connectivity index (χ4v) is 3.53. The highest BCUT2D eigenvalue weighted by molar-refractivity contribution is 5.99. The highest BCUT2D eigenvalue weighted by Crippen LogP contribution is 2.23. The molecule has 2 atom stereocenters. The van der Waals surface area contributed by atoms with Crippen LogP contribution >= 0.6 is 0 Å². The highest BCUT2D eigenvalue weighted by atomic mass is 16.1. The summed E-state index contributed by atoms with van der Waals surface area (Å²) in [6, 6.07) is 2.58. The molecule has 3 heteroatoms. The summed E-state index contributed by atoms with van der Waals surface area (Å²) in [4.78, 5) is 14.9. The van der Waals surface area contributed by atoms with Gasteiger partial charge in [0.15, 0.2) is 5.78 Å². The van der Waals surface area contributed by atoms with E-state index in [0.29, 0.717) is 12.6 Å². The second-order valence-electron chi connectivity index (χ2n) is 6.40. The van der Waals surface area contributed by atoms with E-state index in [0.717, 1.165) is 30.3 Å². The first-order valence-corrected chi connectivity index (χ1v) is 7.88. The molecule has 0 aliphatic carbocycles. The molecule has 0 aromatic carbocycles. The molecule has 2 rings (SSSR count). The average Bonchev–Trinajstić information content (AvgIpc) is 2.68. The van der Waals surface area contributed by atoms with Gasteiger partial charge in [0, 0.05) is 29.5 Å². The summed E-state index contributed by atoms with van der Waals surface area (Å²) in [7, 11) is 0. The maximum Gasteiger partial charge on any atom is 0.178 e. The SMILES string of the molecule is CCn1c(C)cc(C(=O)CN2CCC(C)CC2C)c1C. The van der Waals surface area contributed by atoms with Gasteiger partial charge in [0.25, 0.3) is 0 Å². The van der Waals surface area contributed by atoms with Crippen molar-refractivity contribution in [3.05, 3.63) is 23.0 Å². The number of carbonyl (C=O) groups excluding carboxylic acids is 1. The lowest BCUT2D eigenvalue weighted by atomic mass is 9.93. The van der Waals surface area contributed by atoms with E-state index in [1.807, 2.05) is 0 Å². The van der Waals surface area contributed by atoms with Crippen LogP contribution in [0.15, 0.2) is 6.07 Å². The van der Waals surface area contributed by atoms with Crippen LogP contribution < -0.4 is 0 Å². The molecule has 20 heavy (non-hydrogen) atoms. The molecule has 0 bridgehead atoms. The minimum absolute atomic E-state index is 0.277. The molecular weight excluding hydrogens is 248 g/mol. The van der Waals surface area contributed by atoms with Crippen LogP contribution in [0.5, 0.6) is 0 Å². The molecule has 1 aliphatic heterocycles. The molecule has 1 aromatic rings. The molecule has 1 saturated heterocycles. The normalized spacial score (nSPS) is 24.1. The molecule has 0 spiro atoms. The summed E-state index contributed by atoms with van der Waals surface area (Å²) >= 11 is 0. The fraction of sp³-hybridized carbons (Fsp3) is 0.706. The van der Waals surface area contributed by atoms with Crippen LogP contribution in [0.3, 0.4) is 0 Å². The topological polar surface area (TPSA) is 25.2 Å². The van der Waals surface area contributed by atoms with E-state index in [2.05, 4.69) is 50.2 Å². The first kappa shape index (κ1) is 15.3. The number of ketones is 1. The molecule has 1 aromatic heterocycles. The van der Waals surface area contributed by atoms with Gasteiger partial charge >= 0.3 is 0 Å². The lowest BCUT2D eigenvalue weighted by molar-refractivity contribution is 0.0815. The number of Topliss-reactive ketones (excluding diaryl/α,β-unsaturated/α-hetero) is 1. The van der Waals surface area contributed by atoms with Crippen LogP contribution in [-0.4, -0.2) is 34.4 Å². The van der Waals surface area contributed by atoms with Crippen LogP contribution in [0.2, 0.25) is 0 Å². The van der Waals surface area contributed by atoms with E-state index in [-0.39, 0.29) is 5.78 Å². The average molecular weight is 276 g/mol. The number of likely N-dealkylation sites (tertiary alicyclic amines) is 1. The summed E-state index contributed by atoms with van der Waals surface area (Å²) in [6.07, 6.45) is 2.42. The smallest absolute Gasteiger partial charge is 0.178 e. The van der Waals surface area contributed by atoms with Crippen LogP contribution in [0.25, 0.3) is 0 Å². The van der Waals surface area contributed by atoms with Crippen molar-refractivity contribution in [1.82, 2.24) is 9.47 Å². The predicted molar refractivity (Wildman–Crippen MR) is 83.3 cm³/mol. The number of hydrogen-bond donors (Lipinski definition) is 0. The number of piperidine rings is 1. The van der Waals surface area contributed by atoms with E-state index in [1.54, 1.807) is 0 Å². The first-order chi connectivity index (χ1) is 9.43. The molecule has 112 valence electrons. The zero-order chi connectivity index (χ0) is 14.9. The van der Waals surface area contributed by atoms with Gasteiger partial charge in [-0.3, -0.25) is 9.69 Å². The van der Waals surface area contributed by atoms with Crippen molar-refractivity contribution in [3.63, 3.8) is 0 Å². The zero-order valence-electron chi connectivity index (χ0n) is 13.6. The van der Waals surface area contributed by atoms with Gasteiger partial charge in [0.05, 0.1) is 6.54 Å². The number of nitrogens with zero attached hydrogens (tertiary/aromatic N) is 2. The minimum Gasteiger partial charge on any atom is -0.349 e. The third-order valence-corrected chi connectivity index (χ3v) is 4.81. The third-order valence-electron chi connectivity index (χ3n) is 4.81. The van der Waals surface area contributed by atoms with Crippen molar-refractivity contribution in [2.75, 3.05) is 13.1 Å². The van der Waals surface area contributed by atoms with Gasteiger partial charge in [-0.2, -0.15) is 0 Å². The minimum atomic E-state index is 0.277. The van der Waals surface area contributed by atoms with Crippen molar-refractivity contribution in [2.24, 2.45) is 5.92 Å². The highest BCUT2D eigenvalue weighted by Gasteiger charge is 2.25. The molecule has 2 heterocycles. The van der Waals surface area contributed by atoms with Gasteiger partial charge in [-0.05, 0) is 59.1 Å². The van der Waals surface area contributed by atoms with Gasteiger partial charge in [-0.15, -0.1) is 0 Å². The fourth-order valence-electron chi connectivity index (χ4n) is 3.53. The van der Waals surface area contributed by atoms with Crippen LogP contribution in [-0.2, 0) is 6.54 Å². The molecular formula is C17H28N2O. The van der Waals surface area contributed by atoms with Gasteiger partial charge in [0.1, 0.15) is 0 Å². The lowest BCUT2D eigenvalue weighted by Crippen LogP contribution is -2.43. The van der Waals surface area contributed by atoms with Crippen molar-refractivity contribution < 1.29 is 4.79 Å². The summed E-state index contributed by atoms with van der Waals surface area (Å²) < 4.78 is 2.22. The van der Waals surface area contributed by atoms with E-state index in [1.165, 1.54) is 18.5 Å². The molecule has 0 radical (unpaired) electrons. The van der Waals surface area contributed by atoms with Crippen molar-refractivity contribution in [2.45, 2.75) is 60.0 Å². The number of aromatic nitrogens is 1. The van der Waals surface area contributed by atoms with Crippen LogP contribution in [0.1, 0.15) is 55.4 Å². The second-order valence-corrected chi connectivity index (χ2v) is 6.40. The number of aryl methyl sites for hydroxylation is 1. The summed E-state index contributed by atoms with van der Waals surface area (Å²) in [5.74, 6) is 1.07. The van der Waals surface area contributed by atoms with Crippen LogP contribution in [0.4, 0.5) is 0 Å². The number of hydrogen-bond acceptors (Lipinski definition) is 2. The van der Waals surface area contributed by atoms with E-state index >= 15 is 0 Å². The lowest BCUT2D eigenvalue weighted by Gasteiger charge is -2.35. The zero-order valence-corrected chi connectivity index (χ0v) is 13.6. The largest absolute Gasteiger partial charge is 0.349 e. The Morgan fingerprint density at radius 2 is 2.05 bits per heavy atom. The Bertz CT molecular complexity index is 489. The van der Waals surface area contributed by atoms with E-state index in [4.69, 9.17) is 0 Å². The Kier molecular flexibility index (Phi) is 4.69. The summed E-state index contributed by atoms with van der Waals surface area (Å²) in [6.45, 7) is 13.4. The number of carbonyl (C=O) groups is 1. The summed E-state index contributed by atoms with van der Waals surface area (Å²) in [5.41, 5.74) is 3.22. The Labute approximate surface area is 123 Å². The predicted octanol–water partition coefficient (Wildman–Crippen LogP) is 3.43. The van der Waals surface area contributed by atoms with E-state index < -0.39 is 0 Å². The maximum atomic E-state index is 12.6. The Morgan fingerprint density at radius 1 is 1.35 bits per heavy atom. The van der Waals surface area contributed by atoms with Crippen molar-refractivity contribution >= 4 is 5.78 Å². The molecule has 1 fully saturated rings. The number of rotatable bonds is 4. The Morgan fingerprint density at radius 3 is 2.60 bits per heavy atom. The van der Waals surface area contributed by atoms with Crippen molar-refractivity contribution in [1.29, 1.82) is 0 Å². The Balaban J connectivity index is 2.09. The standard InChI is InChI=1S/C17H28N2O/c1-6-19-14(4)10-16(15(19)5)17(20)11-18-8-7-12(2)9-13(18)3/h10,12-13H,6-9,11H2,1-5H3. The van der Waals surface area contributed by atoms with Crippen molar-refractivity contribution in [3.8, 4) is 0 Å². The first-order valence-electron chi connectivity index (χ1n) is 7.88. The van der Waals surface area contributed by atoms with Gasteiger partial charge in [0.2, 0.25) is 0 Å². The molecule has 3 nitrogen and oxygen atoms in total. The molecule has 2 unspecified atom stereocenters. The van der Waals surface area contributed by atoms with Gasteiger partial charge in [-0.1, -0.05) is 6.92 Å². The van der Waals surface area contributed by atoms with E-state index in [9.17, 15) is 4.79 Å². The quantitative estimate of drug-likeness (QED) is 0.787. The molecule has 0 amide bonds. The molecule has 0 N–H and O–H groups in total. The van der Waals surface area contributed by atoms with Gasteiger partial charge in [-0.25, -0.2) is 0 Å². The Hall–Kier alpha value is -1.09. The maximum absolute atomic E-state index is 12.6. The van der Waals surface area contributed by atoms with Crippen LogP contribution in [0, 0.1) is 19.8 Å². The summed E-state index contributed by atoms with van der Waals surface area (Å²) in [5, 5.41) is 0. The second kappa shape index (κ2) is 6.13. The third kappa shape index (κ3) is 2.98. The monoisotopic (exact) mass is 276 g/mol. The molecule has 1 aliphatic rings.